The fourth-order valence-electron chi connectivity index (χ4n) is 0.626. The Hall–Kier alpha value is -0.960. The van der Waals surface area contributed by atoms with E-state index in [0.29, 0.717) is 6.41 Å². The zero-order valence-electron chi connectivity index (χ0n) is 5.24. The molecule has 0 aliphatic carbocycles. The first-order chi connectivity index (χ1) is 4.83. The van der Waals surface area contributed by atoms with Crippen molar-refractivity contribution in [2.24, 2.45) is 0 Å². The zero-order chi connectivity index (χ0) is 7.40. The summed E-state index contributed by atoms with van der Waals surface area (Å²) in [6.45, 7) is 0. The van der Waals surface area contributed by atoms with Crippen molar-refractivity contribution in [3.8, 4) is 0 Å². The monoisotopic (exact) mass is 153 g/mol. The molecule has 0 aromatic heterocycles. The molecule has 0 aliphatic heterocycles. The van der Waals surface area contributed by atoms with E-state index in [1.54, 1.807) is 12.1 Å². The number of carbonyl (C=O) groups is 1. The molecule has 10 heavy (non-hydrogen) atoms. The summed E-state index contributed by atoms with van der Waals surface area (Å²) in [5.74, 6) is 0. The number of benzene rings is 1. The van der Waals surface area contributed by atoms with Gasteiger partial charge in [0.05, 0.1) is 0 Å². The highest BCUT2D eigenvalue weighted by Gasteiger charge is 1.86. The summed E-state index contributed by atoms with van der Waals surface area (Å²) in [6, 6.07) is 7.21. The standard InChI is InChI=1S/C7H7NOS/c9-5-8-6-1-3-7(10)4-2-6/h1-5,10H,(H,8,9). The molecule has 0 aliphatic rings. The lowest BCUT2D eigenvalue weighted by Crippen LogP contribution is -1.91. The Morgan fingerprint density at radius 1 is 1.30 bits per heavy atom. The topological polar surface area (TPSA) is 29.1 Å². The van der Waals surface area contributed by atoms with E-state index in [1.165, 1.54) is 0 Å². The highest BCUT2D eigenvalue weighted by atomic mass is 32.1. The van der Waals surface area contributed by atoms with E-state index in [0.717, 1.165) is 10.6 Å². The molecule has 0 bridgehead atoms. The molecule has 1 aromatic carbocycles. The van der Waals surface area contributed by atoms with Crippen LogP contribution in [0.1, 0.15) is 0 Å². The van der Waals surface area contributed by atoms with Crippen LogP contribution >= 0.6 is 12.6 Å². The molecular formula is C7H7NOS. The Labute approximate surface area is 64.7 Å². The van der Waals surface area contributed by atoms with Crippen molar-refractivity contribution in [3.63, 3.8) is 0 Å². The molecule has 0 unspecified atom stereocenters. The third kappa shape index (κ3) is 1.77. The van der Waals surface area contributed by atoms with E-state index >= 15 is 0 Å². The molecule has 0 radical (unpaired) electrons. The maximum absolute atomic E-state index is 9.93. The number of hydrogen-bond acceptors (Lipinski definition) is 2. The highest BCUT2D eigenvalue weighted by Crippen LogP contribution is 2.10. The number of carbonyl (C=O) groups excluding carboxylic acids is 1. The van der Waals surface area contributed by atoms with Gasteiger partial charge in [-0.25, -0.2) is 0 Å². The zero-order valence-corrected chi connectivity index (χ0v) is 6.14. The van der Waals surface area contributed by atoms with Gasteiger partial charge in [-0.1, -0.05) is 0 Å². The quantitative estimate of drug-likeness (QED) is 0.490. The minimum atomic E-state index is 0.646. The normalized spacial score (nSPS) is 8.90. The average Bonchev–Trinajstić information content (AvgIpc) is 1.95. The van der Waals surface area contributed by atoms with Gasteiger partial charge in [0.1, 0.15) is 0 Å². The molecule has 0 fully saturated rings. The van der Waals surface area contributed by atoms with Crippen LogP contribution in [0.15, 0.2) is 29.2 Å². The van der Waals surface area contributed by atoms with Gasteiger partial charge in [-0.3, -0.25) is 4.79 Å². The van der Waals surface area contributed by atoms with Crippen molar-refractivity contribution < 1.29 is 4.79 Å². The predicted octanol–water partition coefficient (Wildman–Crippen LogP) is 1.54. The summed E-state index contributed by atoms with van der Waals surface area (Å²) >= 11 is 4.08. The number of thiol groups is 1. The Balaban J connectivity index is 2.78. The Morgan fingerprint density at radius 2 is 1.90 bits per heavy atom. The Bertz CT molecular complexity index is 220. The van der Waals surface area contributed by atoms with Crippen LogP contribution < -0.4 is 5.32 Å². The molecule has 0 atom stereocenters. The molecule has 2 nitrogen and oxygen atoms in total. The van der Waals surface area contributed by atoms with Gasteiger partial charge in [0.15, 0.2) is 0 Å². The summed E-state index contributed by atoms with van der Waals surface area (Å²) in [7, 11) is 0. The first-order valence-corrected chi connectivity index (χ1v) is 3.27. The SMILES string of the molecule is O=CNc1ccc(S)cc1. The molecule has 1 N–H and O–H groups in total. The minimum absolute atomic E-state index is 0.646. The van der Waals surface area contributed by atoms with Crippen molar-refractivity contribution in [2.75, 3.05) is 5.32 Å². The second kappa shape index (κ2) is 3.27. The van der Waals surface area contributed by atoms with E-state index in [9.17, 15) is 4.79 Å². The van der Waals surface area contributed by atoms with Crippen LogP contribution in [0.2, 0.25) is 0 Å². The van der Waals surface area contributed by atoms with Crippen LogP contribution in [0.4, 0.5) is 5.69 Å². The van der Waals surface area contributed by atoms with E-state index in [-0.39, 0.29) is 0 Å². The van der Waals surface area contributed by atoms with Crippen LogP contribution in [-0.4, -0.2) is 6.41 Å². The van der Waals surface area contributed by atoms with Gasteiger partial charge in [-0.2, -0.15) is 0 Å². The van der Waals surface area contributed by atoms with Gasteiger partial charge in [-0.05, 0) is 24.3 Å². The second-order valence-electron chi connectivity index (χ2n) is 1.81. The van der Waals surface area contributed by atoms with E-state index in [1.807, 2.05) is 12.1 Å². The van der Waals surface area contributed by atoms with Gasteiger partial charge in [-0.15, -0.1) is 12.6 Å². The lowest BCUT2D eigenvalue weighted by molar-refractivity contribution is -0.105. The predicted molar refractivity (Wildman–Crippen MR) is 43.4 cm³/mol. The van der Waals surface area contributed by atoms with Gasteiger partial charge in [0.2, 0.25) is 6.41 Å². The number of hydrogen-bond donors (Lipinski definition) is 2. The van der Waals surface area contributed by atoms with Crippen molar-refractivity contribution in [1.82, 2.24) is 0 Å². The molecule has 1 amide bonds. The van der Waals surface area contributed by atoms with E-state index in [4.69, 9.17) is 0 Å². The summed E-state index contributed by atoms with van der Waals surface area (Å²) in [4.78, 5) is 10.8. The molecule has 0 saturated heterocycles. The molecule has 3 heteroatoms. The van der Waals surface area contributed by atoms with Crippen molar-refractivity contribution in [3.05, 3.63) is 24.3 Å². The number of nitrogens with one attached hydrogen (secondary N) is 1. The van der Waals surface area contributed by atoms with Crippen LogP contribution in [-0.2, 0) is 4.79 Å². The summed E-state index contributed by atoms with van der Waals surface area (Å²) in [5.41, 5.74) is 0.785. The summed E-state index contributed by atoms with van der Waals surface area (Å²) < 4.78 is 0. The lowest BCUT2D eigenvalue weighted by atomic mass is 10.3. The first-order valence-electron chi connectivity index (χ1n) is 2.82. The largest absolute Gasteiger partial charge is 0.329 e. The van der Waals surface area contributed by atoms with Gasteiger partial charge < -0.3 is 5.32 Å². The van der Waals surface area contributed by atoms with Crippen LogP contribution in [0.3, 0.4) is 0 Å². The van der Waals surface area contributed by atoms with Crippen molar-refractivity contribution in [2.45, 2.75) is 4.90 Å². The van der Waals surface area contributed by atoms with Crippen molar-refractivity contribution >= 4 is 24.7 Å². The maximum Gasteiger partial charge on any atom is 0.211 e. The first kappa shape index (κ1) is 7.15. The number of amides is 1. The fraction of sp³-hybridized carbons (Fsp3) is 0. The summed E-state index contributed by atoms with van der Waals surface area (Å²) in [5, 5.41) is 2.52. The molecule has 1 aromatic rings. The third-order valence-corrected chi connectivity index (χ3v) is 1.39. The van der Waals surface area contributed by atoms with Gasteiger partial charge in [0, 0.05) is 10.6 Å². The fourth-order valence-corrected chi connectivity index (χ4v) is 0.775. The lowest BCUT2D eigenvalue weighted by Gasteiger charge is -1.96. The summed E-state index contributed by atoms with van der Waals surface area (Å²) in [6.07, 6.45) is 0.646. The smallest absolute Gasteiger partial charge is 0.211 e. The van der Waals surface area contributed by atoms with Crippen molar-refractivity contribution in [1.29, 1.82) is 0 Å². The molecule has 0 heterocycles. The minimum Gasteiger partial charge on any atom is -0.329 e. The third-order valence-electron chi connectivity index (χ3n) is 1.09. The average molecular weight is 153 g/mol. The number of rotatable bonds is 2. The van der Waals surface area contributed by atoms with Gasteiger partial charge >= 0.3 is 0 Å². The Kier molecular flexibility index (Phi) is 2.34. The van der Waals surface area contributed by atoms with E-state index < -0.39 is 0 Å². The number of anilines is 1. The molecular weight excluding hydrogens is 146 g/mol. The van der Waals surface area contributed by atoms with Gasteiger partial charge in [0.25, 0.3) is 0 Å². The molecule has 52 valence electrons. The second-order valence-corrected chi connectivity index (χ2v) is 2.33. The Morgan fingerprint density at radius 3 is 2.40 bits per heavy atom. The van der Waals surface area contributed by atoms with Crippen LogP contribution in [0.25, 0.3) is 0 Å². The van der Waals surface area contributed by atoms with Crippen LogP contribution in [0.5, 0.6) is 0 Å². The maximum atomic E-state index is 9.93. The highest BCUT2D eigenvalue weighted by molar-refractivity contribution is 7.80. The molecule has 1 rings (SSSR count). The molecule has 0 saturated carbocycles. The van der Waals surface area contributed by atoms with E-state index in [2.05, 4.69) is 17.9 Å². The molecule has 0 spiro atoms. The van der Waals surface area contributed by atoms with Crippen LogP contribution in [0, 0.1) is 0 Å².